The lowest BCUT2D eigenvalue weighted by Crippen LogP contribution is -2.69. The van der Waals surface area contributed by atoms with E-state index in [9.17, 15) is 14.4 Å². The number of amides is 4. The van der Waals surface area contributed by atoms with Gasteiger partial charge in [-0.1, -0.05) is 37.3 Å². The summed E-state index contributed by atoms with van der Waals surface area (Å²) in [5, 5.41) is 4.54. The Balaban J connectivity index is 1.87. The van der Waals surface area contributed by atoms with E-state index in [2.05, 4.69) is 11.4 Å². The largest absolute Gasteiger partial charge is 0.373 e. The molecule has 0 aliphatic carbocycles. The third-order valence-electron chi connectivity index (χ3n) is 5.95. The summed E-state index contributed by atoms with van der Waals surface area (Å²) in [7, 11) is 1.89. The van der Waals surface area contributed by atoms with Crippen LogP contribution in [-0.4, -0.2) is 42.4 Å². The van der Waals surface area contributed by atoms with Crippen molar-refractivity contribution in [1.82, 2.24) is 10.2 Å². The van der Waals surface area contributed by atoms with Crippen molar-refractivity contribution in [2.45, 2.75) is 32.7 Å². The smallest absolute Gasteiger partial charge is 0.331 e. The number of carbonyl (C=O) groups is 3. The van der Waals surface area contributed by atoms with Crippen molar-refractivity contribution >= 4 is 34.3 Å². The van der Waals surface area contributed by atoms with Gasteiger partial charge in [0, 0.05) is 31.7 Å². The Morgan fingerprint density at radius 1 is 1.15 bits per heavy atom. The fraction of sp³-hybridized carbons (Fsp3) is 0.381. The predicted octanol–water partition coefficient (Wildman–Crippen LogP) is 2.70. The van der Waals surface area contributed by atoms with Crippen LogP contribution in [-0.2, 0) is 16.0 Å². The molecule has 0 saturated carbocycles. The Hall–Kier alpha value is -2.89. The molecular formula is C21H23N3O3. The zero-order valence-electron chi connectivity index (χ0n) is 15.8. The van der Waals surface area contributed by atoms with E-state index < -0.39 is 23.3 Å². The van der Waals surface area contributed by atoms with Crippen LogP contribution in [0.25, 0.3) is 10.8 Å². The molecule has 0 unspecified atom stereocenters. The minimum absolute atomic E-state index is 0.253. The Labute approximate surface area is 158 Å². The molecule has 2 aromatic rings. The van der Waals surface area contributed by atoms with Gasteiger partial charge >= 0.3 is 6.03 Å². The monoisotopic (exact) mass is 365 g/mol. The summed E-state index contributed by atoms with van der Waals surface area (Å²) in [6.45, 7) is 4.00. The number of nitrogens with one attached hydrogen (secondary N) is 1. The van der Waals surface area contributed by atoms with Crippen LogP contribution in [0.1, 0.15) is 25.8 Å². The number of carbonyl (C=O) groups excluding carboxylic acids is 3. The van der Waals surface area contributed by atoms with Crippen molar-refractivity contribution in [3.8, 4) is 0 Å². The average molecular weight is 365 g/mol. The van der Waals surface area contributed by atoms with Crippen LogP contribution < -0.4 is 10.2 Å². The molecule has 1 spiro atoms. The van der Waals surface area contributed by atoms with Gasteiger partial charge in [-0.3, -0.25) is 19.8 Å². The highest BCUT2D eigenvalue weighted by atomic mass is 16.2. The standard InChI is InChI=1S/C21H23N3O3/c1-4-13(2)24-19(26)21(18(25)22-20(24)27)11-16-15-8-6-5-7-14(15)9-10-17(16)23(3)12-21/h5-10,13H,4,11-12H2,1-3H3,(H,22,25,27)/t13-,21+/m1/s1. The summed E-state index contributed by atoms with van der Waals surface area (Å²) in [5.41, 5.74) is 0.708. The second-order valence-electron chi connectivity index (χ2n) is 7.59. The molecule has 0 bridgehead atoms. The van der Waals surface area contributed by atoms with Gasteiger partial charge in [0.1, 0.15) is 5.41 Å². The molecule has 140 valence electrons. The van der Waals surface area contributed by atoms with Crippen LogP contribution in [0, 0.1) is 5.41 Å². The van der Waals surface area contributed by atoms with Gasteiger partial charge in [-0.2, -0.15) is 0 Å². The van der Waals surface area contributed by atoms with Crippen molar-refractivity contribution in [3.05, 3.63) is 42.0 Å². The quantitative estimate of drug-likeness (QED) is 0.831. The van der Waals surface area contributed by atoms with E-state index in [1.807, 2.05) is 56.1 Å². The second kappa shape index (κ2) is 6.08. The van der Waals surface area contributed by atoms with Crippen molar-refractivity contribution < 1.29 is 14.4 Å². The van der Waals surface area contributed by atoms with Gasteiger partial charge < -0.3 is 4.90 Å². The first-order valence-corrected chi connectivity index (χ1v) is 9.30. The van der Waals surface area contributed by atoms with Gasteiger partial charge in [0.25, 0.3) is 0 Å². The molecule has 1 fully saturated rings. The first-order chi connectivity index (χ1) is 12.9. The van der Waals surface area contributed by atoms with E-state index >= 15 is 0 Å². The van der Waals surface area contributed by atoms with Gasteiger partial charge in [0.05, 0.1) is 0 Å². The summed E-state index contributed by atoms with van der Waals surface area (Å²) in [4.78, 5) is 41.9. The number of fused-ring (bicyclic) bond motifs is 3. The number of urea groups is 1. The third kappa shape index (κ3) is 2.43. The lowest BCUT2D eigenvalue weighted by Gasteiger charge is -2.46. The van der Waals surface area contributed by atoms with Gasteiger partial charge in [-0.25, -0.2) is 4.79 Å². The highest BCUT2D eigenvalue weighted by molar-refractivity contribution is 6.20. The Morgan fingerprint density at radius 3 is 2.63 bits per heavy atom. The van der Waals surface area contributed by atoms with E-state index in [0.717, 1.165) is 22.0 Å². The van der Waals surface area contributed by atoms with Crippen LogP contribution in [0.2, 0.25) is 0 Å². The molecule has 6 heteroatoms. The number of hydrogen-bond donors (Lipinski definition) is 1. The normalized spacial score (nSPS) is 23.6. The van der Waals surface area contributed by atoms with E-state index in [0.29, 0.717) is 12.8 Å². The summed E-state index contributed by atoms with van der Waals surface area (Å²) >= 11 is 0. The fourth-order valence-corrected chi connectivity index (χ4v) is 4.29. The van der Waals surface area contributed by atoms with E-state index in [1.165, 1.54) is 4.90 Å². The predicted molar refractivity (Wildman–Crippen MR) is 103 cm³/mol. The molecule has 2 aliphatic rings. The third-order valence-corrected chi connectivity index (χ3v) is 5.95. The Bertz CT molecular complexity index is 970. The first kappa shape index (κ1) is 17.5. The van der Waals surface area contributed by atoms with Crippen molar-refractivity contribution in [1.29, 1.82) is 0 Å². The van der Waals surface area contributed by atoms with Crippen LogP contribution >= 0.6 is 0 Å². The van der Waals surface area contributed by atoms with Crippen LogP contribution in [0.5, 0.6) is 0 Å². The number of rotatable bonds is 2. The molecular weight excluding hydrogens is 342 g/mol. The summed E-state index contributed by atoms with van der Waals surface area (Å²) in [6, 6.07) is 11.2. The lowest BCUT2D eigenvalue weighted by molar-refractivity contribution is -0.152. The van der Waals surface area contributed by atoms with Crippen molar-refractivity contribution in [2.75, 3.05) is 18.5 Å². The number of barbiturate groups is 1. The van der Waals surface area contributed by atoms with Gasteiger partial charge in [0.15, 0.2) is 0 Å². The number of benzene rings is 2. The molecule has 2 heterocycles. The minimum Gasteiger partial charge on any atom is -0.373 e. The highest BCUT2D eigenvalue weighted by Crippen LogP contribution is 2.42. The maximum atomic E-state index is 13.4. The van der Waals surface area contributed by atoms with Crippen LogP contribution in [0.3, 0.4) is 0 Å². The minimum atomic E-state index is -1.29. The Kier molecular flexibility index (Phi) is 3.94. The molecule has 2 atom stereocenters. The van der Waals surface area contributed by atoms with Crippen molar-refractivity contribution in [2.24, 2.45) is 5.41 Å². The summed E-state index contributed by atoms with van der Waals surface area (Å²) in [6.07, 6.45) is 0.928. The molecule has 0 radical (unpaired) electrons. The van der Waals surface area contributed by atoms with E-state index in [1.54, 1.807) is 0 Å². The highest BCUT2D eigenvalue weighted by Gasteiger charge is 2.57. The number of imide groups is 2. The SMILES string of the molecule is CC[C@@H](C)N1C(=O)NC(=O)[C@@]2(Cc3c(ccc4ccccc34)N(C)C2)C1=O. The molecule has 4 rings (SSSR count). The topological polar surface area (TPSA) is 69.7 Å². The zero-order chi connectivity index (χ0) is 19.3. The van der Waals surface area contributed by atoms with Crippen molar-refractivity contribution in [3.63, 3.8) is 0 Å². The molecule has 6 nitrogen and oxygen atoms in total. The molecule has 2 aliphatic heterocycles. The average Bonchev–Trinajstić information content (AvgIpc) is 2.66. The molecule has 0 aromatic heterocycles. The Morgan fingerprint density at radius 2 is 1.89 bits per heavy atom. The molecule has 4 amide bonds. The van der Waals surface area contributed by atoms with Gasteiger partial charge in [0.2, 0.25) is 11.8 Å². The number of hydrogen-bond acceptors (Lipinski definition) is 4. The van der Waals surface area contributed by atoms with Crippen LogP contribution in [0.15, 0.2) is 36.4 Å². The van der Waals surface area contributed by atoms with Crippen LogP contribution in [0.4, 0.5) is 10.5 Å². The molecule has 1 N–H and O–H groups in total. The lowest BCUT2D eigenvalue weighted by atomic mass is 9.73. The number of nitrogens with zero attached hydrogens (tertiary/aromatic N) is 2. The zero-order valence-corrected chi connectivity index (χ0v) is 15.8. The van der Waals surface area contributed by atoms with Gasteiger partial charge in [-0.15, -0.1) is 0 Å². The van der Waals surface area contributed by atoms with Gasteiger partial charge in [-0.05, 0) is 35.7 Å². The fourth-order valence-electron chi connectivity index (χ4n) is 4.29. The first-order valence-electron chi connectivity index (χ1n) is 9.30. The maximum absolute atomic E-state index is 13.4. The number of anilines is 1. The van der Waals surface area contributed by atoms with E-state index in [4.69, 9.17) is 0 Å². The second-order valence-corrected chi connectivity index (χ2v) is 7.59. The summed E-state index contributed by atoms with van der Waals surface area (Å²) in [5.74, 6) is -0.890. The molecule has 1 saturated heterocycles. The van der Waals surface area contributed by atoms with E-state index in [-0.39, 0.29) is 12.6 Å². The maximum Gasteiger partial charge on any atom is 0.331 e. The summed E-state index contributed by atoms with van der Waals surface area (Å²) < 4.78 is 0. The molecule has 27 heavy (non-hydrogen) atoms. The molecule has 2 aromatic carbocycles.